The molecule has 21 heavy (non-hydrogen) atoms. The summed E-state index contributed by atoms with van der Waals surface area (Å²) in [6, 6.07) is 16.9. The van der Waals surface area contributed by atoms with Gasteiger partial charge in [0.25, 0.3) is 5.56 Å². The quantitative estimate of drug-likeness (QED) is 0.798. The Morgan fingerprint density at radius 2 is 1.81 bits per heavy atom. The van der Waals surface area contributed by atoms with Gasteiger partial charge in [0.1, 0.15) is 0 Å². The Kier molecular flexibility index (Phi) is 3.59. The Bertz CT molecular complexity index is 821. The minimum atomic E-state index is -0.578. The molecule has 3 nitrogen and oxygen atoms in total. The van der Waals surface area contributed by atoms with Gasteiger partial charge in [0.05, 0.1) is 11.6 Å². The van der Waals surface area contributed by atoms with Gasteiger partial charge in [0.15, 0.2) is 0 Å². The standard InChI is InChI=1S/C18H17NO2/c1-2-17(20)15-12-14(13-8-4-3-5-9-13)18(21)19-11-7-6-10-16(15)19/h3-12,17,20H,2H2,1H3. The van der Waals surface area contributed by atoms with Gasteiger partial charge in [-0.15, -0.1) is 0 Å². The molecule has 1 aromatic carbocycles. The van der Waals surface area contributed by atoms with Crippen LogP contribution in [-0.2, 0) is 0 Å². The van der Waals surface area contributed by atoms with Gasteiger partial charge in [-0.25, -0.2) is 0 Å². The molecule has 0 saturated carbocycles. The molecule has 0 amide bonds. The molecule has 2 aromatic heterocycles. The van der Waals surface area contributed by atoms with E-state index in [2.05, 4.69) is 0 Å². The van der Waals surface area contributed by atoms with Crippen molar-refractivity contribution >= 4 is 5.52 Å². The number of hydrogen-bond donors (Lipinski definition) is 1. The Morgan fingerprint density at radius 1 is 1.10 bits per heavy atom. The molecule has 0 aliphatic rings. The van der Waals surface area contributed by atoms with Crippen LogP contribution in [0.1, 0.15) is 25.0 Å². The smallest absolute Gasteiger partial charge is 0.262 e. The molecule has 2 heterocycles. The van der Waals surface area contributed by atoms with E-state index in [1.54, 1.807) is 10.6 Å². The maximum atomic E-state index is 12.7. The molecular weight excluding hydrogens is 262 g/mol. The number of hydrogen-bond acceptors (Lipinski definition) is 2. The fourth-order valence-corrected chi connectivity index (χ4v) is 2.59. The molecular formula is C18H17NO2. The highest BCUT2D eigenvalue weighted by atomic mass is 16.3. The van der Waals surface area contributed by atoms with E-state index in [1.165, 1.54) is 0 Å². The highest BCUT2D eigenvalue weighted by Gasteiger charge is 2.15. The molecule has 0 aliphatic carbocycles. The van der Waals surface area contributed by atoms with Crippen LogP contribution < -0.4 is 5.56 Å². The van der Waals surface area contributed by atoms with E-state index in [9.17, 15) is 9.90 Å². The molecule has 0 aliphatic heterocycles. The Hall–Kier alpha value is -2.39. The largest absolute Gasteiger partial charge is 0.388 e. The van der Waals surface area contributed by atoms with E-state index in [0.29, 0.717) is 12.0 Å². The van der Waals surface area contributed by atoms with Crippen LogP contribution in [0.15, 0.2) is 65.6 Å². The summed E-state index contributed by atoms with van der Waals surface area (Å²) in [5.41, 5.74) is 2.96. The van der Waals surface area contributed by atoms with Crippen LogP contribution in [0.4, 0.5) is 0 Å². The lowest BCUT2D eigenvalue weighted by atomic mass is 10.00. The first kappa shape index (κ1) is 13.6. The van der Waals surface area contributed by atoms with Crippen molar-refractivity contribution in [2.24, 2.45) is 0 Å². The number of fused-ring (bicyclic) bond motifs is 1. The summed E-state index contributed by atoms with van der Waals surface area (Å²) in [6.07, 6.45) is 1.78. The summed E-state index contributed by atoms with van der Waals surface area (Å²) >= 11 is 0. The van der Waals surface area contributed by atoms with Crippen LogP contribution in [0.3, 0.4) is 0 Å². The van der Waals surface area contributed by atoms with E-state index in [4.69, 9.17) is 0 Å². The van der Waals surface area contributed by atoms with Crippen LogP contribution >= 0.6 is 0 Å². The van der Waals surface area contributed by atoms with Crippen LogP contribution in [0.2, 0.25) is 0 Å². The molecule has 3 rings (SSSR count). The van der Waals surface area contributed by atoms with Crippen molar-refractivity contribution in [2.75, 3.05) is 0 Å². The molecule has 1 atom stereocenters. The van der Waals surface area contributed by atoms with Gasteiger partial charge in [0.2, 0.25) is 0 Å². The van der Waals surface area contributed by atoms with Crippen molar-refractivity contribution in [3.05, 3.63) is 76.7 Å². The van der Waals surface area contributed by atoms with Gasteiger partial charge in [0, 0.05) is 17.3 Å². The minimum Gasteiger partial charge on any atom is -0.388 e. The number of benzene rings is 1. The van der Waals surface area contributed by atoms with Crippen LogP contribution in [0.5, 0.6) is 0 Å². The molecule has 3 heteroatoms. The predicted molar refractivity (Wildman–Crippen MR) is 84.4 cm³/mol. The van der Waals surface area contributed by atoms with Gasteiger partial charge in [-0.2, -0.15) is 0 Å². The number of pyridine rings is 2. The first-order valence-electron chi connectivity index (χ1n) is 7.10. The van der Waals surface area contributed by atoms with Gasteiger partial charge in [-0.3, -0.25) is 9.20 Å². The number of aliphatic hydroxyl groups excluding tert-OH is 1. The molecule has 0 radical (unpaired) electrons. The highest BCUT2D eigenvalue weighted by Crippen LogP contribution is 2.25. The fourth-order valence-electron chi connectivity index (χ4n) is 2.59. The van der Waals surface area contributed by atoms with Gasteiger partial charge < -0.3 is 5.11 Å². The summed E-state index contributed by atoms with van der Waals surface area (Å²) in [7, 11) is 0. The van der Waals surface area contributed by atoms with Crippen LogP contribution in [0, 0.1) is 0 Å². The summed E-state index contributed by atoms with van der Waals surface area (Å²) in [5.74, 6) is 0. The predicted octanol–water partition coefficient (Wildman–Crippen LogP) is 3.41. The Morgan fingerprint density at radius 3 is 2.52 bits per heavy atom. The zero-order valence-corrected chi connectivity index (χ0v) is 11.9. The van der Waals surface area contributed by atoms with Crippen molar-refractivity contribution in [2.45, 2.75) is 19.4 Å². The van der Waals surface area contributed by atoms with Crippen molar-refractivity contribution < 1.29 is 5.11 Å². The number of nitrogens with zero attached hydrogens (tertiary/aromatic N) is 1. The molecule has 1 N–H and O–H groups in total. The summed E-state index contributed by atoms with van der Waals surface area (Å²) in [6.45, 7) is 1.93. The van der Waals surface area contributed by atoms with Crippen molar-refractivity contribution in [3.8, 4) is 11.1 Å². The average Bonchev–Trinajstić information content (AvgIpc) is 2.55. The van der Waals surface area contributed by atoms with Crippen molar-refractivity contribution in [1.82, 2.24) is 4.40 Å². The van der Waals surface area contributed by atoms with Gasteiger partial charge >= 0.3 is 0 Å². The molecule has 1 unspecified atom stereocenters. The SMILES string of the molecule is CCC(O)c1cc(-c2ccccc2)c(=O)n2ccccc12. The highest BCUT2D eigenvalue weighted by molar-refractivity contribution is 5.68. The van der Waals surface area contributed by atoms with Crippen molar-refractivity contribution in [1.29, 1.82) is 0 Å². The summed E-state index contributed by atoms with van der Waals surface area (Å²) < 4.78 is 1.61. The molecule has 0 spiro atoms. The normalized spacial score (nSPS) is 12.5. The fraction of sp³-hybridized carbons (Fsp3) is 0.167. The third kappa shape index (κ3) is 2.36. The second kappa shape index (κ2) is 5.54. The number of aromatic nitrogens is 1. The van der Waals surface area contributed by atoms with E-state index in [1.807, 2.05) is 61.5 Å². The number of aliphatic hydroxyl groups is 1. The first-order valence-corrected chi connectivity index (χ1v) is 7.10. The topological polar surface area (TPSA) is 41.7 Å². The Labute approximate surface area is 123 Å². The first-order chi connectivity index (χ1) is 10.2. The van der Waals surface area contributed by atoms with Crippen LogP contribution in [0.25, 0.3) is 16.6 Å². The monoisotopic (exact) mass is 279 g/mol. The van der Waals surface area contributed by atoms with E-state index < -0.39 is 6.10 Å². The summed E-state index contributed by atoms with van der Waals surface area (Å²) in [4.78, 5) is 12.7. The number of rotatable bonds is 3. The molecule has 0 fully saturated rings. The summed E-state index contributed by atoms with van der Waals surface area (Å²) in [5, 5.41) is 10.3. The second-order valence-electron chi connectivity index (χ2n) is 5.06. The van der Waals surface area contributed by atoms with E-state index in [-0.39, 0.29) is 5.56 Å². The molecule has 106 valence electrons. The maximum absolute atomic E-state index is 12.7. The van der Waals surface area contributed by atoms with E-state index >= 15 is 0 Å². The average molecular weight is 279 g/mol. The van der Waals surface area contributed by atoms with Gasteiger partial charge in [-0.05, 0) is 30.2 Å². The second-order valence-corrected chi connectivity index (χ2v) is 5.06. The third-order valence-electron chi connectivity index (χ3n) is 3.74. The lowest BCUT2D eigenvalue weighted by Gasteiger charge is -2.14. The Balaban J connectivity index is 2.37. The van der Waals surface area contributed by atoms with Crippen LogP contribution in [-0.4, -0.2) is 9.51 Å². The molecule has 0 bridgehead atoms. The molecule has 3 aromatic rings. The zero-order valence-electron chi connectivity index (χ0n) is 11.9. The minimum absolute atomic E-state index is 0.0659. The van der Waals surface area contributed by atoms with Crippen molar-refractivity contribution in [3.63, 3.8) is 0 Å². The van der Waals surface area contributed by atoms with Gasteiger partial charge in [-0.1, -0.05) is 43.3 Å². The zero-order chi connectivity index (χ0) is 14.8. The molecule has 0 saturated heterocycles. The van der Waals surface area contributed by atoms with E-state index in [0.717, 1.165) is 16.6 Å². The lowest BCUT2D eigenvalue weighted by molar-refractivity contribution is 0.175. The third-order valence-corrected chi connectivity index (χ3v) is 3.74. The maximum Gasteiger partial charge on any atom is 0.262 e. The lowest BCUT2D eigenvalue weighted by Crippen LogP contribution is -2.18.